The molecular weight excluding hydrogens is 272 g/mol. The molecule has 6 heteroatoms. The third kappa shape index (κ3) is 3.17. The molecule has 0 spiro atoms. The number of hydrogen-bond donors (Lipinski definition) is 2. The summed E-state index contributed by atoms with van der Waals surface area (Å²) in [6, 6.07) is 4.49. The molecule has 1 aliphatic carbocycles. The Morgan fingerprint density at radius 2 is 1.90 bits per heavy atom. The van der Waals surface area contributed by atoms with Gasteiger partial charge in [-0.25, -0.2) is 4.39 Å². The maximum atomic E-state index is 14.1. The predicted octanol–water partition coefficient (Wildman–Crippen LogP) is 1.77. The SMILES string of the molecule is OB(O)c1cnc2cc(F)c(OC3CCCCC3)cc2c1. The molecule has 1 aliphatic rings. The van der Waals surface area contributed by atoms with Crippen molar-refractivity contribution in [3.63, 3.8) is 0 Å². The highest BCUT2D eigenvalue weighted by Crippen LogP contribution is 2.28. The van der Waals surface area contributed by atoms with Gasteiger partial charge in [0, 0.05) is 23.1 Å². The molecule has 0 radical (unpaired) electrons. The Hall–Kier alpha value is -1.66. The van der Waals surface area contributed by atoms with Crippen LogP contribution in [0.15, 0.2) is 24.4 Å². The fourth-order valence-corrected chi connectivity index (χ4v) is 2.74. The number of pyridine rings is 1. The number of nitrogens with zero attached hydrogens (tertiary/aromatic N) is 1. The van der Waals surface area contributed by atoms with Crippen LogP contribution < -0.4 is 10.2 Å². The molecule has 2 aromatic rings. The van der Waals surface area contributed by atoms with E-state index in [0.29, 0.717) is 10.9 Å². The molecule has 0 unspecified atom stereocenters. The van der Waals surface area contributed by atoms with Crippen molar-refractivity contribution < 1.29 is 19.2 Å². The van der Waals surface area contributed by atoms with Gasteiger partial charge in [-0.3, -0.25) is 4.98 Å². The monoisotopic (exact) mass is 289 g/mol. The average Bonchev–Trinajstić information content (AvgIpc) is 2.48. The maximum absolute atomic E-state index is 14.1. The van der Waals surface area contributed by atoms with Gasteiger partial charge < -0.3 is 14.8 Å². The second kappa shape index (κ2) is 5.99. The second-order valence-electron chi connectivity index (χ2n) is 5.50. The summed E-state index contributed by atoms with van der Waals surface area (Å²) in [7, 11) is -1.59. The van der Waals surface area contributed by atoms with E-state index in [1.807, 2.05) is 0 Å². The van der Waals surface area contributed by atoms with Crippen molar-refractivity contribution in [3.05, 3.63) is 30.2 Å². The molecule has 1 fully saturated rings. The molecule has 1 aromatic carbocycles. The fourth-order valence-electron chi connectivity index (χ4n) is 2.74. The number of benzene rings is 1. The Labute approximate surface area is 122 Å². The molecule has 3 rings (SSSR count). The average molecular weight is 289 g/mol. The molecule has 4 nitrogen and oxygen atoms in total. The van der Waals surface area contributed by atoms with Gasteiger partial charge in [0.2, 0.25) is 0 Å². The van der Waals surface area contributed by atoms with E-state index in [1.165, 1.54) is 18.7 Å². The Morgan fingerprint density at radius 1 is 1.14 bits per heavy atom. The molecule has 110 valence electrons. The van der Waals surface area contributed by atoms with E-state index in [4.69, 9.17) is 4.74 Å². The van der Waals surface area contributed by atoms with Crippen LogP contribution in [0.1, 0.15) is 32.1 Å². The number of fused-ring (bicyclic) bond motifs is 1. The minimum absolute atomic E-state index is 0.0604. The number of hydrogen-bond acceptors (Lipinski definition) is 4. The van der Waals surface area contributed by atoms with Crippen LogP contribution in [0.25, 0.3) is 10.9 Å². The van der Waals surface area contributed by atoms with Crippen LogP contribution in [0.4, 0.5) is 4.39 Å². The summed E-state index contributed by atoms with van der Waals surface area (Å²) in [6.45, 7) is 0. The highest BCUT2D eigenvalue weighted by molar-refractivity contribution is 6.58. The number of aromatic nitrogens is 1. The fraction of sp³-hybridized carbons (Fsp3) is 0.400. The molecule has 1 aromatic heterocycles. The Balaban J connectivity index is 1.92. The van der Waals surface area contributed by atoms with Gasteiger partial charge in [0.25, 0.3) is 0 Å². The highest BCUT2D eigenvalue weighted by atomic mass is 19.1. The Bertz CT molecular complexity index is 644. The van der Waals surface area contributed by atoms with Crippen molar-refractivity contribution in [1.29, 1.82) is 0 Å². The molecule has 21 heavy (non-hydrogen) atoms. The van der Waals surface area contributed by atoms with Crippen LogP contribution in [-0.4, -0.2) is 28.3 Å². The van der Waals surface area contributed by atoms with Crippen LogP contribution >= 0.6 is 0 Å². The normalized spacial score (nSPS) is 16.1. The maximum Gasteiger partial charge on any atom is 0.490 e. The topological polar surface area (TPSA) is 62.6 Å². The van der Waals surface area contributed by atoms with Crippen LogP contribution in [0.2, 0.25) is 0 Å². The van der Waals surface area contributed by atoms with Gasteiger partial charge in [0.15, 0.2) is 11.6 Å². The number of rotatable bonds is 3. The molecule has 0 aliphatic heterocycles. The summed E-state index contributed by atoms with van der Waals surface area (Å²) in [6.07, 6.45) is 6.72. The largest absolute Gasteiger partial charge is 0.490 e. The molecule has 1 saturated carbocycles. The summed E-state index contributed by atoms with van der Waals surface area (Å²) in [5.41, 5.74) is 0.741. The van der Waals surface area contributed by atoms with Gasteiger partial charge in [0.1, 0.15) is 0 Å². The zero-order chi connectivity index (χ0) is 14.8. The summed E-state index contributed by atoms with van der Waals surface area (Å²) in [5, 5.41) is 19.0. The lowest BCUT2D eigenvalue weighted by atomic mass is 9.81. The summed E-state index contributed by atoms with van der Waals surface area (Å²) < 4.78 is 19.8. The first-order chi connectivity index (χ1) is 10.1. The standard InChI is InChI=1S/C15H17BFNO3/c17-13-8-14-10(6-11(9-18-14)16(19)20)7-15(13)21-12-4-2-1-3-5-12/h6-9,12,19-20H,1-5H2. The van der Waals surface area contributed by atoms with Gasteiger partial charge in [-0.15, -0.1) is 0 Å². The van der Waals surface area contributed by atoms with Crippen molar-refractivity contribution >= 4 is 23.5 Å². The third-order valence-electron chi connectivity index (χ3n) is 3.90. The molecule has 0 bridgehead atoms. The van der Waals surface area contributed by atoms with E-state index in [0.717, 1.165) is 25.7 Å². The molecule has 0 amide bonds. The second-order valence-corrected chi connectivity index (χ2v) is 5.50. The van der Waals surface area contributed by atoms with E-state index >= 15 is 0 Å². The van der Waals surface area contributed by atoms with Crippen LogP contribution in [0.3, 0.4) is 0 Å². The van der Waals surface area contributed by atoms with Gasteiger partial charge in [-0.2, -0.15) is 0 Å². The van der Waals surface area contributed by atoms with E-state index in [9.17, 15) is 14.4 Å². The van der Waals surface area contributed by atoms with Crippen LogP contribution in [-0.2, 0) is 0 Å². The quantitative estimate of drug-likeness (QED) is 0.845. The van der Waals surface area contributed by atoms with Crippen molar-refractivity contribution in [2.45, 2.75) is 38.2 Å². The van der Waals surface area contributed by atoms with E-state index < -0.39 is 12.9 Å². The van der Waals surface area contributed by atoms with Gasteiger partial charge in [-0.1, -0.05) is 12.5 Å². The lowest BCUT2D eigenvalue weighted by Crippen LogP contribution is -2.30. The van der Waals surface area contributed by atoms with Crippen molar-refractivity contribution in [2.24, 2.45) is 0 Å². The smallest absolute Gasteiger partial charge is 0.487 e. The van der Waals surface area contributed by atoms with Crippen LogP contribution in [0.5, 0.6) is 5.75 Å². The van der Waals surface area contributed by atoms with E-state index in [2.05, 4.69) is 4.98 Å². The van der Waals surface area contributed by atoms with Crippen LogP contribution in [0, 0.1) is 5.82 Å². The predicted molar refractivity (Wildman–Crippen MR) is 79.0 cm³/mol. The molecule has 2 N–H and O–H groups in total. The third-order valence-corrected chi connectivity index (χ3v) is 3.90. The number of ether oxygens (including phenoxy) is 1. The van der Waals surface area contributed by atoms with Crippen molar-refractivity contribution in [3.8, 4) is 5.75 Å². The van der Waals surface area contributed by atoms with E-state index in [-0.39, 0.29) is 17.3 Å². The van der Waals surface area contributed by atoms with Gasteiger partial charge in [0.05, 0.1) is 11.6 Å². The molecule has 0 atom stereocenters. The molecule has 1 heterocycles. The molecular formula is C15H17BFNO3. The Morgan fingerprint density at radius 3 is 2.62 bits per heavy atom. The molecule has 0 saturated heterocycles. The minimum Gasteiger partial charge on any atom is -0.487 e. The van der Waals surface area contributed by atoms with E-state index in [1.54, 1.807) is 12.1 Å². The van der Waals surface area contributed by atoms with Gasteiger partial charge in [-0.05, 0) is 31.7 Å². The lowest BCUT2D eigenvalue weighted by molar-refractivity contribution is 0.149. The lowest BCUT2D eigenvalue weighted by Gasteiger charge is -2.23. The summed E-state index contributed by atoms with van der Waals surface area (Å²) in [4.78, 5) is 4.04. The first-order valence-electron chi connectivity index (χ1n) is 7.25. The van der Waals surface area contributed by atoms with Crippen molar-refractivity contribution in [1.82, 2.24) is 4.98 Å². The summed E-state index contributed by atoms with van der Waals surface area (Å²) in [5.74, 6) is -0.223. The minimum atomic E-state index is -1.59. The first kappa shape index (κ1) is 14.3. The zero-order valence-corrected chi connectivity index (χ0v) is 11.6. The highest BCUT2D eigenvalue weighted by Gasteiger charge is 2.18. The van der Waals surface area contributed by atoms with Gasteiger partial charge >= 0.3 is 7.12 Å². The zero-order valence-electron chi connectivity index (χ0n) is 11.6. The first-order valence-corrected chi connectivity index (χ1v) is 7.25. The summed E-state index contributed by atoms with van der Waals surface area (Å²) >= 11 is 0. The van der Waals surface area contributed by atoms with Crippen molar-refractivity contribution in [2.75, 3.05) is 0 Å². The number of halogens is 1. The Kier molecular flexibility index (Phi) is 4.08.